The van der Waals surface area contributed by atoms with Gasteiger partial charge < -0.3 is 10.4 Å². The largest absolute Gasteiger partial charge is 0.478 e. The molecular weight excluding hydrogens is 293 g/mol. The van der Waals surface area contributed by atoms with Gasteiger partial charge in [-0.2, -0.15) is 11.8 Å². The van der Waals surface area contributed by atoms with E-state index >= 15 is 0 Å². The van der Waals surface area contributed by atoms with Gasteiger partial charge in [-0.15, -0.1) is 0 Å². The molecule has 2 N–H and O–H groups in total. The van der Waals surface area contributed by atoms with Crippen LogP contribution in [0.4, 0.5) is 4.39 Å². The Kier molecular flexibility index (Phi) is 6.94. The van der Waals surface area contributed by atoms with Crippen LogP contribution in [0.15, 0.2) is 24.3 Å². The molecule has 6 heteroatoms. The van der Waals surface area contributed by atoms with E-state index in [4.69, 9.17) is 5.11 Å². The highest BCUT2D eigenvalue weighted by Gasteiger charge is 2.13. The fourth-order valence-corrected chi connectivity index (χ4v) is 2.42. The van der Waals surface area contributed by atoms with Gasteiger partial charge in [-0.25, -0.2) is 9.18 Å². The summed E-state index contributed by atoms with van der Waals surface area (Å²) >= 11 is 1.63. The molecule has 1 amide bonds. The number of carbonyl (C=O) groups is 2. The average molecular weight is 311 g/mol. The molecule has 0 fully saturated rings. The molecule has 0 heterocycles. The quantitative estimate of drug-likeness (QED) is 0.760. The maximum absolute atomic E-state index is 13.8. The van der Waals surface area contributed by atoms with Crippen LogP contribution in [0.5, 0.6) is 0 Å². The monoisotopic (exact) mass is 311 g/mol. The van der Waals surface area contributed by atoms with Gasteiger partial charge in [-0.3, -0.25) is 4.79 Å². The highest BCUT2D eigenvalue weighted by molar-refractivity contribution is 7.98. The molecule has 4 nitrogen and oxygen atoms in total. The van der Waals surface area contributed by atoms with Crippen molar-refractivity contribution < 1.29 is 19.1 Å². The van der Waals surface area contributed by atoms with Gasteiger partial charge in [0.05, 0.1) is 0 Å². The topological polar surface area (TPSA) is 66.4 Å². The Labute approximate surface area is 127 Å². The lowest BCUT2D eigenvalue weighted by molar-refractivity contribution is -0.131. The predicted octanol–water partition coefficient (Wildman–Crippen LogP) is 2.79. The van der Waals surface area contributed by atoms with Crippen molar-refractivity contribution in [2.24, 2.45) is 0 Å². The number of carboxylic acid groups (broad SMARTS) is 1. The van der Waals surface area contributed by atoms with Crippen LogP contribution in [-0.2, 0) is 4.79 Å². The molecule has 0 radical (unpaired) electrons. The van der Waals surface area contributed by atoms with Crippen molar-refractivity contribution in [2.45, 2.75) is 19.4 Å². The molecule has 1 atom stereocenters. The number of nitrogens with one attached hydrogen (secondary N) is 1. The molecule has 21 heavy (non-hydrogen) atoms. The van der Waals surface area contributed by atoms with E-state index in [-0.39, 0.29) is 23.1 Å². The van der Waals surface area contributed by atoms with Crippen molar-refractivity contribution in [1.82, 2.24) is 5.32 Å². The number of amides is 1. The standard InChI is InChI=1S/C15H18FNO3S/c1-3-12(9-21-2)17-15(20)11-5-4-10(13(16)8-11)6-7-14(18)19/h4-8,12H,3,9H2,1-2H3,(H,17,20)(H,18,19)/b7-6+. The van der Waals surface area contributed by atoms with Crippen LogP contribution in [0.25, 0.3) is 6.08 Å². The predicted molar refractivity (Wildman–Crippen MR) is 83.0 cm³/mol. The summed E-state index contributed by atoms with van der Waals surface area (Å²) in [6.45, 7) is 1.97. The normalized spacial score (nSPS) is 12.3. The SMILES string of the molecule is CCC(CSC)NC(=O)c1ccc(/C=C/C(=O)O)c(F)c1. The molecule has 0 saturated heterocycles. The Morgan fingerprint density at radius 1 is 1.48 bits per heavy atom. The van der Waals surface area contributed by atoms with Crippen LogP contribution >= 0.6 is 11.8 Å². The van der Waals surface area contributed by atoms with Crippen molar-refractivity contribution in [1.29, 1.82) is 0 Å². The Balaban J connectivity index is 2.83. The van der Waals surface area contributed by atoms with Crippen LogP contribution in [0.3, 0.4) is 0 Å². The van der Waals surface area contributed by atoms with Crippen LogP contribution in [0.1, 0.15) is 29.3 Å². The van der Waals surface area contributed by atoms with E-state index in [1.54, 1.807) is 11.8 Å². The Hall–Kier alpha value is -1.82. The smallest absolute Gasteiger partial charge is 0.328 e. The lowest BCUT2D eigenvalue weighted by Gasteiger charge is -2.15. The molecule has 0 aliphatic rings. The van der Waals surface area contributed by atoms with Crippen molar-refractivity contribution in [3.8, 4) is 0 Å². The van der Waals surface area contributed by atoms with E-state index in [1.165, 1.54) is 12.1 Å². The summed E-state index contributed by atoms with van der Waals surface area (Å²) in [4.78, 5) is 22.4. The van der Waals surface area contributed by atoms with Gasteiger partial charge in [-0.1, -0.05) is 13.0 Å². The van der Waals surface area contributed by atoms with E-state index in [0.717, 1.165) is 30.4 Å². The highest BCUT2D eigenvalue weighted by Crippen LogP contribution is 2.13. The van der Waals surface area contributed by atoms with Gasteiger partial charge in [0, 0.05) is 29.0 Å². The highest BCUT2D eigenvalue weighted by atomic mass is 32.2. The molecule has 0 saturated carbocycles. The molecular formula is C15H18FNO3S. The summed E-state index contributed by atoms with van der Waals surface area (Å²) in [5.74, 6) is -1.31. The first-order valence-electron chi connectivity index (χ1n) is 6.48. The van der Waals surface area contributed by atoms with Crippen LogP contribution in [0.2, 0.25) is 0 Å². The van der Waals surface area contributed by atoms with Crippen molar-refractivity contribution in [3.63, 3.8) is 0 Å². The van der Waals surface area contributed by atoms with Gasteiger partial charge in [-0.05, 0) is 30.9 Å². The van der Waals surface area contributed by atoms with E-state index in [2.05, 4.69) is 5.32 Å². The number of halogens is 1. The Bertz CT molecular complexity index is 546. The molecule has 1 rings (SSSR count). The molecule has 0 aliphatic heterocycles. The fourth-order valence-electron chi connectivity index (χ4n) is 1.70. The number of carbonyl (C=O) groups excluding carboxylic acids is 1. The van der Waals surface area contributed by atoms with Crippen LogP contribution in [-0.4, -0.2) is 35.0 Å². The second kappa shape index (κ2) is 8.46. The second-order valence-corrected chi connectivity index (χ2v) is 5.35. The summed E-state index contributed by atoms with van der Waals surface area (Å²) in [5, 5.41) is 11.4. The third-order valence-electron chi connectivity index (χ3n) is 2.86. The minimum Gasteiger partial charge on any atom is -0.478 e. The molecule has 1 aromatic carbocycles. The first-order chi connectivity index (χ1) is 9.97. The first-order valence-corrected chi connectivity index (χ1v) is 7.87. The second-order valence-electron chi connectivity index (χ2n) is 4.44. The molecule has 0 bridgehead atoms. The van der Waals surface area contributed by atoms with Gasteiger partial charge >= 0.3 is 5.97 Å². The van der Waals surface area contributed by atoms with E-state index in [0.29, 0.717) is 0 Å². The first kappa shape index (κ1) is 17.2. The Morgan fingerprint density at radius 3 is 2.71 bits per heavy atom. The molecule has 0 aliphatic carbocycles. The molecule has 114 valence electrons. The number of hydrogen-bond acceptors (Lipinski definition) is 3. The third-order valence-corrected chi connectivity index (χ3v) is 3.60. The minimum atomic E-state index is -1.15. The summed E-state index contributed by atoms with van der Waals surface area (Å²) in [6.07, 6.45) is 4.76. The maximum Gasteiger partial charge on any atom is 0.328 e. The van der Waals surface area contributed by atoms with Crippen molar-refractivity contribution in [2.75, 3.05) is 12.0 Å². The van der Waals surface area contributed by atoms with E-state index in [1.807, 2.05) is 13.2 Å². The number of benzene rings is 1. The number of rotatable bonds is 7. The van der Waals surface area contributed by atoms with Gasteiger partial charge in [0.15, 0.2) is 0 Å². The summed E-state index contributed by atoms with van der Waals surface area (Å²) in [7, 11) is 0. The lowest BCUT2D eigenvalue weighted by atomic mass is 10.1. The zero-order valence-electron chi connectivity index (χ0n) is 11.9. The molecule has 1 aromatic rings. The van der Waals surface area contributed by atoms with Gasteiger partial charge in [0.25, 0.3) is 5.91 Å². The van der Waals surface area contributed by atoms with Crippen molar-refractivity contribution in [3.05, 3.63) is 41.2 Å². The Morgan fingerprint density at radius 2 is 2.19 bits per heavy atom. The third kappa shape index (κ3) is 5.59. The maximum atomic E-state index is 13.8. The zero-order valence-corrected chi connectivity index (χ0v) is 12.7. The van der Waals surface area contributed by atoms with Gasteiger partial charge in [0.2, 0.25) is 0 Å². The lowest BCUT2D eigenvalue weighted by Crippen LogP contribution is -2.36. The summed E-state index contributed by atoms with van der Waals surface area (Å²) < 4.78 is 13.8. The molecule has 0 spiro atoms. The number of carboxylic acids is 1. The number of aliphatic carboxylic acids is 1. The van der Waals surface area contributed by atoms with E-state index < -0.39 is 11.8 Å². The van der Waals surface area contributed by atoms with Crippen LogP contribution in [0, 0.1) is 5.82 Å². The fraction of sp³-hybridized carbons (Fsp3) is 0.333. The molecule has 1 unspecified atom stereocenters. The molecule has 0 aromatic heterocycles. The zero-order chi connectivity index (χ0) is 15.8. The van der Waals surface area contributed by atoms with Crippen molar-refractivity contribution >= 4 is 29.7 Å². The summed E-state index contributed by atoms with van der Waals surface area (Å²) in [6, 6.07) is 4.02. The number of hydrogen-bond donors (Lipinski definition) is 2. The summed E-state index contributed by atoms with van der Waals surface area (Å²) in [5.41, 5.74) is 0.352. The number of thioether (sulfide) groups is 1. The minimum absolute atomic E-state index is 0.0437. The van der Waals surface area contributed by atoms with E-state index in [9.17, 15) is 14.0 Å². The van der Waals surface area contributed by atoms with Crippen LogP contribution < -0.4 is 5.32 Å². The average Bonchev–Trinajstić information content (AvgIpc) is 2.45. The van der Waals surface area contributed by atoms with Gasteiger partial charge in [0.1, 0.15) is 5.82 Å².